The maximum Gasteiger partial charge on any atom is 0.253 e. The molecule has 118 valence electrons. The Balaban J connectivity index is 1.81. The zero-order valence-electron chi connectivity index (χ0n) is 12.4. The van der Waals surface area contributed by atoms with Gasteiger partial charge in [0.05, 0.1) is 11.6 Å². The van der Waals surface area contributed by atoms with Gasteiger partial charge in [-0.3, -0.25) is 9.59 Å². The second-order valence-corrected chi connectivity index (χ2v) is 6.81. The number of aryl methyl sites for hydroxylation is 1. The molecule has 0 aliphatic heterocycles. The van der Waals surface area contributed by atoms with Crippen LogP contribution in [-0.4, -0.2) is 15.5 Å². The fourth-order valence-corrected chi connectivity index (χ4v) is 3.59. The third-order valence-corrected chi connectivity index (χ3v) is 5.04. The van der Waals surface area contributed by atoms with Gasteiger partial charge in [-0.15, -0.1) is 11.3 Å². The number of nitrogens with one attached hydrogen (secondary N) is 1. The van der Waals surface area contributed by atoms with Crippen molar-refractivity contribution >= 4 is 28.6 Å². The number of hydrogen-bond donors (Lipinski definition) is 1. The third-order valence-electron chi connectivity index (χ3n) is 3.42. The molecule has 0 aliphatic rings. The summed E-state index contributed by atoms with van der Waals surface area (Å²) in [7, 11) is 1.63. The van der Waals surface area contributed by atoms with E-state index >= 15 is 0 Å². The van der Waals surface area contributed by atoms with Gasteiger partial charge in [0.25, 0.3) is 5.91 Å². The summed E-state index contributed by atoms with van der Waals surface area (Å²) in [5.41, 5.74) is 1.48. The maximum absolute atomic E-state index is 12.5. The van der Waals surface area contributed by atoms with Gasteiger partial charge in [0.15, 0.2) is 0 Å². The molecule has 1 atom stereocenters. The molecule has 3 aromatic heterocycles. The Kier molecular flexibility index (Phi) is 4.68. The van der Waals surface area contributed by atoms with Crippen LogP contribution in [0.3, 0.4) is 0 Å². The summed E-state index contributed by atoms with van der Waals surface area (Å²) >= 11 is 3.15. The van der Waals surface area contributed by atoms with Crippen molar-refractivity contribution in [1.29, 1.82) is 0 Å². The van der Waals surface area contributed by atoms with Crippen LogP contribution in [0.5, 0.6) is 0 Å². The van der Waals surface area contributed by atoms with Crippen molar-refractivity contribution in [1.82, 2.24) is 14.9 Å². The minimum absolute atomic E-state index is 0.142. The third kappa shape index (κ3) is 3.75. The van der Waals surface area contributed by atoms with Gasteiger partial charge in [0.1, 0.15) is 5.01 Å². The highest BCUT2D eigenvalue weighted by Crippen LogP contribution is 2.22. The number of hydrogen-bond acceptors (Lipinski definition) is 5. The Labute approximate surface area is 141 Å². The summed E-state index contributed by atoms with van der Waals surface area (Å²) in [6, 6.07) is 4.80. The molecule has 0 radical (unpaired) electrons. The van der Waals surface area contributed by atoms with Gasteiger partial charge in [-0.2, -0.15) is 11.3 Å². The van der Waals surface area contributed by atoms with E-state index in [4.69, 9.17) is 0 Å². The lowest BCUT2D eigenvalue weighted by Gasteiger charge is -2.16. The molecule has 3 heterocycles. The number of nitrogens with zero attached hydrogens (tertiary/aromatic N) is 2. The van der Waals surface area contributed by atoms with E-state index in [0.717, 1.165) is 10.6 Å². The molecule has 1 N–H and O–H groups in total. The highest BCUT2D eigenvalue weighted by atomic mass is 32.1. The Morgan fingerprint density at radius 3 is 2.87 bits per heavy atom. The van der Waals surface area contributed by atoms with Gasteiger partial charge in [-0.1, -0.05) is 0 Å². The van der Waals surface area contributed by atoms with Crippen molar-refractivity contribution in [3.05, 3.63) is 73.2 Å². The van der Waals surface area contributed by atoms with E-state index in [1.54, 1.807) is 36.8 Å². The molecule has 0 bridgehead atoms. The molecule has 3 aromatic rings. The molecule has 5 nitrogen and oxygen atoms in total. The zero-order valence-corrected chi connectivity index (χ0v) is 14.1. The van der Waals surface area contributed by atoms with Crippen LogP contribution in [0, 0.1) is 0 Å². The van der Waals surface area contributed by atoms with Gasteiger partial charge in [0.2, 0.25) is 5.56 Å². The van der Waals surface area contributed by atoms with Crippen molar-refractivity contribution in [3.8, 4) is 0 Å². The highest BCUT2D eigenvalue weighted by Gasteiger charge is 2.19. The van der Waals surface area contributed by atoms with Crippen LogP contribution in [0.4, 0.5) is 0 Å². The topological polar surface area (TPSA) is 64.0 Å². The summed E-state index contributed by atoms with van der Waals surface area (Å²) in [5.74, 6) is -0.212. The lowest BCUT2D eigenvalue weighted by molar-refractivity contribution is 0.0935. The van der Waals surface area contributed by atoms with Gasteiger partial charge in [-0.05, 0) is 28.5 Å². The van der Waals surface area contributed by atoms with Crippen molar-refractivity contribution in [2.75, 3.05) is 0 Å². The van der Waals surface area contributed by atoms with E-state index in [1.807, 2.05) is 16.8 Å². The van der Waals surface area contributed by atoms with E-state index in [1.165, 1.54) is 22.0 Å². The summed E-state index contributed by atoms with van der Waals surface area (Å²) in [5, 5.41) is 9.87. The normalized spacial score (nSPS) is 12.0. The van der Waals surface area contributed by atoms with Crippen LogP contribution >= 0.6 is 22.7 Å². The standard InChI is InChI=1S/C16H15N3O2S2/c1-19-9-12(2-3-14(19)20)15(21)18-13(16-17-5-7-23-16)8-11-4-6-22-10-11/h2-7,9-10,13H,8H2,1H3,(H,18,21)/t13-/m1/s1. The fraction of sp³-hybridized carbons (Fsp3) is 0.188. The SMILES string of the molecule is Cn1cc(C(=O)N[C@H](Cc2ccsc2)c2nccs2)ccc1=O. The quantitative estimate of drug-likeness (QED) is 0.773. The summed E-state index contributed by atoms with van der Waals surface area (Å²) < 4.78 is 1.40. The average Bonchev–Trinajstić information content (AvgIpc) is 3.22. The monoisotopic (exact) mass is 345 g/mol. The lowest BCUT2D eigenvalue weighted by Crippen LogP contribution is -2.31. The molecule has 0 saturated carbocycles. The molecular formula is C16H15N3O2S2. The van der Waals surface area contributed by atoms with Gasteiger partial charge in [0, 0.05) is 37.3 Å². The number of carbonyl (C=O) groups excluding carboxylic acids is 1. The fourth-order valence-electron chi connectivity index (χ4n) is 2.22. The molecule has 0 unspecified atom stereocenters. The number of aromatic nitrogens is 2. The number of rotatable bonds is 5. The van der Waals surface area contributed by atoms with Crippen LogP contribution in [-0.2, 0) is 13.5 Å². The molecule has 1 amide bonds. The predicted molar refractivity (Wildman–Crippen MR) is 92.0 cm³/mol. The highest BCUT2D eigenvalue weighted by molar-refractivity contribution is 7.09. The van der Waals surface area contributed by atoms with Crippen molar-refractivity contribution in [2.24, 2.45) is 7.05 Å². The molecule has 0 aliphatic carbocycles. The lowest BCUT2D eigenvalue weighted by atomic mass is 10.1. The minimum atomic E-state index is -0.212. The van der Waals surface area contributed by atoms with Crippen LogP contribution < -0.4 is 10.9 Å². The first-order valence-corrected chi connectivity index (χ1v) is 8.84. The molecule has 0 aromatic carbocycles. The second kappa shape index (κ2) is 6.89. The Bertz CT molecular complexity index is 839. The van der Waals surface area contributed by atoms with Gasteiger partial charge >= 0.3 is 0 Å². The first kappa shape index (κ1) is 15.6. The molecule has 23 heavy (non-hydrogen) atoms. The van der Waals surface area contributed by atoms with E-state index in [9.17, 15) is 9.59 Å². The zero-order chi connectivity index (χ0) is 16.2. The van der Waals surface area contributed by atoms with Gasteiger partial charge < -0.3 is 9.88 Å². The Morgan fingerprint density at radius 1 is 1.35 bits per heavy atom. The second-order valence-electron chi connectivity index (χ2n) is 5.10. The molecule has 3 rings (SSSR count). The van der Waals surface area contributed by atoms with Crippen molar-refractivity contribution in [3.63, 3.8) is 0 Å². The van der Waals surface area contributed by atoms with Crippen LogP contribution in [0.1, 0.15) is 27.0 Å². The summed E-state index contributed by atoms with van der Waals surface area (Å²) in [4.78, 5) is 28.3. The van der Waals surface area contributed by atoms with Crippen LogP contribution in [0.15, 0.2) is 51.5 Å². The molecule has 0 fully saturated rings. The number of thiophene rings is 1. The largest absolute Gasteiger partial charge is 0.342 e. The van der Waals surface area contributed by atoms with Crippen molar-refractivity contribution in [2.45, 2.75) is 12.5 Å². The molecule has 0 spiro atoms. The first-order valence-electron chi connectivity index (χ1n) is 7.01. The van der Waals surface area contributed by atoms with E-state index < -0.39 is 0 Å². The number of carbonyl (C=O) groups is 1. The van der Waals surface area contributed by atoms with E-state index in [2.05, 4.69) is 15.7 Å². The maximum atomic E-state index is 12.5. The Morgan fingerprint density at radius 2 is 2.22 bits per heavy atom. The smallest absolute Gasteiger partial charge is 0.253 e. The van der Waals surface area contributed by atoms with Crippen LogP contribution in [0.25, 0.3) is 0 Å². The predicted octanol–water partition coefficient (Wildman–Crippen LogP) is 2.62. The summed E-state index contributed by atoms with van der Waals surface area (Å²) in [6.07, 6.45) is 3.97. The summed E-state index contributed by atoms with van der Waals surface area (Å²) in [6.45, 7) is 0. The van der Waals surface area contributed by atoms with Crippen LogP contribution in [0.2, 0.25) is 0 Å². The first-order chi connectivity index (χ1) is 11.1. The molecule has 0 saturated heterocycles. The molecular weight excluding hydrogens is 330 g/mol. The minimum Gasteiger partial charge on any atom is -0.342 e. The number of amides is 1. The van der Waals surface area contributed by atoms with E-state index in [-0.39, 0.29) is 17.5 Å². The van der Waals surface area contributed by atoms with Crippen molar-refractivity contribution < 1.29 is 4.79 Å². The molecule has 7 heteroatoms. The van der Waals surface area contributed by atoms with E-state index in [0.29, 0.717) is 12.0 Å². The Hall–Kier alpha value is -2.25. The number of thiazole rings is 1. The number of pyridine rings is 1. The van der Waals surface area contributed by atoms with Gasteiger partial charge in [-0.25, -0.2) is 4.98 Å². The average molecular weight is 345 g/mol.